The Balaban J connectivity index is 1.06. The molecular weight excluding hydrogens is 665 g/mol. The summed E-state index contributed by atoms with van der Waals surface area (Å²) in [7, 11) is 0. The number of hydrogen-bond donors (Lipinski definition) is 0. The molecule has 12 rings (SSSR count). The van der Waals surface area contributed by atoms with Crippen molar-refractivity contribution < 1.29 is 0 Å². The minimum atomic E-state index is -0.471. The molecule has 0 radical (unpaired) electrons. The molecule has 0 saturated heterocycles. The molecule has 2 aliphatic carbocycles. The second kappa shape index (κ2) is 11.4. The third kappa shape index (κ3) is 4.14. The molecule has 2 heteroatoms. The molecule has 0 fully saturated rings. The van der Waals surface area contributed by atoms with E-state index in [1.165, 1.54) is 88.0 Å². The van der Waals surface area contributed by atoms with E-state index in [2.05, 4.69) is 180 Å². The van der Waals surface area contributed by atoms with Gasteiger partial charge in [-0.25, -0.2) is 0 Å². The molecule has 0 bridgehead atoms. The number of hydrogen-bond acceptors (Lipinski definition) is 2. The van der Waals surface area contributed by atoms with Gasteiger partial charge in [-0.05, 0) is 106 Å². The first-order chi connectivity index (χ1) is 27.3. The summed E-state index contributed by atoms with van der Waals surface area (Å²) in [6.07, 6.45) is 0. The molecule has 0 saturated carbocycles. The highest BCUT2D eigenvalue weighted by atomic mass is 15.1. The zero-order valence-corrected chi connectivity index (χ0v) is 29.9. The van der Waals surface area contributed by atoms with Crippen molar-refractivity contribution in [2.45, 2.75) is 5.41 Å². The molecule has 1 spiro atoms. The normalized spacial score (nSPS) is 13.2. The van der Waals surface area contributed by atoms with Crippen molar-refractivity contribution in [3.8, 4) is 55.9 Å². The summed E-state index contributed by atoms with van der Waals surface area (Å²) in [5.74, 6) is 0. The van der Waals surface area contributed by atoms with Crippen LogP contribution in [0.4, 0.5) is 0 Å². The second-order valence-corrected chi connectivity index (χ2v) is 14.9. The van der Waals surface area contributed by atoms with Crippen LogP contribution in [0, 0.1) is 0 Å². The van der Waals surface area contributed by atoms with E-state index in [1.54, 1.807) is 0 Å². The molecule has 0 amide bonds. The van der Waals surface area contributed by atoms with E-state index in [1.807, 2.05) is 24.3 Å². The van der Waals surface area contributed by atoms with Crippen LogP contribution in [0.2, 0.25) is 0 Å². The standard InChI is InChI=1S/C53H32N2/c1-2-12-34(13-3-1)48-30-31-49(55-54-48)35-24-22-33(23-25-35)36-26-28-38-37(32-36)27-29-45-50-43-18-6-4-14-39(43)40-15-5-7-19-44(40)52(50)53(51(38)45)46-20-10-8-16-41(46)42-17-9-11-21-47(42)53/h1-32H. The average Bonchev–Trinajstić information content (AvgIpc) is 3.75. The summed E-state index contributed by atoms with van der Waals surface area (Å²) < 4.78 is 0. The van der Waals surface area contributed by atoms with Gasteiger partial charge < -0.3 is 0 Å². The maximum atomic E-state index is 4.57. The Kier molecular flexibility index (Phi) is 6.29. The Hall–Kier alpha value is -7.16. The molecule has 2 nitrogen and oxygen atoms in total. The number of rotatable bonds is 3. The summed E-state index contributed by atoms with van der Waals surface area (Å²) in [6, 6.07) is 71.1. The molecule has 2 aliphatic rings. The average molecular weight is 697 g/mol. The molecular formula is C53H32N2. The van der Waals surface area contributed by atoms with Gasteiger partial charge in [-0.2, -0.15) is 0 Å². The molecule has 0 aliphatic heterocycles. The van der Waals surface area contributed by atoms with Crippen molar-refractivity contribution in [3.63, 3.8) is 0 Å². The van der Waals surface area contributed by atoms with Gasteiger partial charge in [-0.15, -0.1) is 10.2 Å². The summed E-state index contributed by atoms with van der Waals surface area (Å²) >= 11 is 0. The zero-order chi connectivity index (χ0) is 36.1. The largest absolute Gasteiger partial charge is 0.150 e. The highest BCUT2D eigenvalue weighted by molar-refractivity contribution is 6.21. The first kappa shape index (κ1) is 30.3. The highest BCUT2D eigenvalue weighted by Gasteiger charge is 2.53. The van der Waals surface area contributed by atoms with E-state index in [-0.39, 0.29) is 0 Å². The molecule has 0 atom stereocenters. The predicted octanol–water partition coefficient (Wildman–Crippen LogP) is 13.3. The van der Waals surface area contributed by atoms with Gasteiger partial charge in [0.15, 0.2) is 0 Å². The molecule has 1 aromatic heterocycles. The van der Waals surface area contributed by atoms with E-state index in [4.69, 9.17) is 0 Å². The van der Waals surface area contributed by atoms with E-state index in [0.717, 1.165) is 22.5 Å². The third-order valence-corrected chi connectivity index (χ3v) is 12.2. The van der Waals surface area contributed by atoms with Crippen LogP contribution in [0.1, 0.15) is 22.3 Å². The predicted molar refractivity (Wildman–Crippen MR) is 227 cm³/mol. The summed E-state index contributed by atoms with van der Waals surface area (Å²) in [4.78, 5) is 0. The highest BCUT2D eigenvalue weighted by Crippen LogP contribution is 2.66. The molecule has 0 unspecified atom stereocenters. The van der Waals surface area contributed by atoms with E-state index >= 15 is 0 Å². The Morgan fingerprint density at radius 2 is 0.836 bits per heavy atom. The lowest BCUT2D eigenvalue weighted by Gasteiger charge is -2.32. The van der Waals surface area contributed by atoms with Gasteiger partial charge in [-0.1, -0.05) is 176 Å². The minimum absolute atomic E-state index is 0.471. The first-order valence-corrected chi connectivity index (χ1v) is 19.0. The van der Waals surface area contributed by atoms with Crippen molar-refractivity contribution >= 4 is 32.3 Å². The fourth-order valence-corrected chi connectivity index (χ4v) is 9.91. The van der Waals surface area contributed by atoms with Crippen molar-refractivity contribution in [2.75, 3.05) is 0 Å². The number of nitrogens with zero attached hydrogens (tertiary/aromatic N) is 2. The first-order valence-electron chi connectivity index (χ1n) is 19.0. The zero-order valence-electron chi connectivity index (χ0n) is 29.9. The van der Waals surface area contributed by atoms with Gasteiger partial charge in [0.25, 0.3) is 0 Å². The summed E-state index contributed by atoms with van der Waals surface area (Å²) in [6.45, 7) is 0. The number of benzene rings is 9. The Morgan fingerprint density at radius 1 is 0.309 bits per heavy atom. The number of aromatic nitrogens is 2. The summed E-state index contributed by atoms with van der Waals surface area (Å²) in [5, 5.41) is 16.9. The maximum Gasteiger partial charge on any atom is 0.0930 e. The minimum Gasteiger partial charge on any atom is -0.150 e. The van der Waals surface area contributed by atoms with Crippen molar-refractivity contribution in [2.24, 2.45) is 0 Å². The third-order valence-electron chi connectivity index (χ3n) is 12.2. The van der Waals surface area contributed by atoms with Crippen LogP contribution < -0.4 is 0 Å². The van der Waals surface area contributed by atoms with Gasteiger partial charge in [0, 0.05) is 11.1 Å². The fraction of sp³-hybridized carbons (Fsp3) is 0.0189. The molecule has 55 heavy (non-hydrogen) atoms. The van der Waals surface area contributed by atoms with Gasteiger partial charge >= 0.3 is 0 Å². The quantitative estimate of drug-likeness (QED) is 0.172. The molecule has 0 N–H and O–H groups in total. The van der Waals surface area contributed by atoms with E-state index in [0.29, 0.717) is 0 Å². The Morgan fingerprint density at radius 3 is 1.51 bits per heavy atom. The lowest BCUT2D eigenvalue weighted by molar-refractivity contribution is 0.809. The van der Waals surface area contributed by atoms with Crippen LogP contribution in [-0.4, -0.2) is 10.2 Å². The van der Waals surface area contributed by atoms with Crippen LogP contribution in [0.25, 0.3) is 88.2 Å². The van der Waals surface area contributed by atoms with E-state index < -0.39 is 5.41 Å². The second-order valence-electron chi connectivity index (χ2n) is 14.9. The monoisotopic (exact) mass is 696 g/mol. The Labute approximate surface area is 319 Å². The Bertz CT molecular complexity index is 3130. The molecule has 254 valence electrons. The fourth-order valence-electron chi connectivity index (χ4n) is 9.91. The summed E-state index contributed by atoms with van der Waals surface area (Å²) in [5.41, 5.74) is 16.6. The van der Waals surface area contributed by atoms with Crippen molar-refractivity contribution in [1.82, 2.24) is 10.2 Å². The molecule has 1 heterocycles. The van der Waals surface area contributed by atoms with Crippen LogP contribution >= 0.6 is 0 Å². The van der Waals surface area contributed by atoms with Crippen LogP contribution in [0.5, 0.6) is 0 Å². The van der Waals surface area contributed by atoms with Gasteiger partial charge in [-0.3, -0.25) is 0 Å². The number of fused-ring (bicyclic) bond motifs is 17. The van der Waals surface area contributed by atoms with E-state index in [9.17, 15) is 0 Å². The van der Waals surface area contributed by atoms with Gasteiger partial charge in [0.1, 0.15) is 0 Å². The van der Waals surface area contributed by atoms with Crippen LogP contribution in [0.3, 0.4) is 0 Å². The lowest BCUT2D eigenvalue weighted by Crippen LogP contribution is -2.26. The van der Waals surface area contributed by atoms with Crippen LogP contribution in [0.15, 0.2) is 194 Å². The smallest absolute Gasteiger partial charge is 0.0930 e. The van der Waals surface area contributed by atoms with Crippen LogP contribution in [-0.2, 0) is 5.41 Å². The molecule has 10 aromatic rings. The molecule has 9 aromatic carbocycles. The van der Waals surface area contributed by atoms with Crippen molar-refractivity contribution in [3.05, 3.63) is 216 Å². The lowest BCUT2D eigenvalue weighted by atomic mass is 9.68. The maximum absolute atomic E-state index is 4.57. The van der Waals surface area contributed by atoms with Gasteiger partial charge in [0.2, 0.25) is 0 Å². The SMILES string of the molecule is c1ccc(-c2ccc(-c3ccc(-c4ccc5c6c(ccc5c4)-c4c(c5ccccc5c5ccccc45)C64c5ccccc5-c5ccccc54)cc3)nn2)cc1. The topological polar surface area (TPSA) is 25.8 Å². The van der Waals surface area contributed by atoms with Crippen molar-refractivity contribution in [1.29, 1.82) is 0 Å². The van der Waals surface area contributed by atoms with Gasteiger partial charge in [0.05, 0.1) is 16.8 Å².